The highest BCUT2D eigenvalue weighted by molar-refractivity contribution is 6.35. The lowest BCUT2D eigenvalue weighted by Gasteiger charge is -2.23. The summed E-state index contributed by atoms with van der Waals surface area (Å²) < 4.78 is 15.3. The molecule has 0 aliphatic carbocycles. The predicted molar refractivity (Wildman–Crippen MR) is 113 cm³/mol. The number of allylic oxidation sites excluding steroid dienone is 1. The number of hydrogen-bond donors (Lipinski definition) is 1. The number of benzene rings is 2. The molecular weight excluding hydrogens is 393 g/mol. The van der Waals surface area contributed by atoms with Gasteiger partial charge < -0.3 is 10.2 Å². The molecule has 1 aliphatic heterocycles. The van der Waals surface area contributed by atoms with Gasteiger partial charge in [-0.05, 0) is 37.3 Å². The molecule has 1 aromatic heterocycles. The normalized spacial score (nSPS) is 14.8. The van der Waals surface area contributed by atoms with Crippen LogP contribution in [0, 0.1) is 5.82 Å². The monoisotopic (exact) mass is 411 g/mol. The zero-order valence-electron chi connectivity index (χ0n) is 15.9. The molecule has 1 atom stereocenters. The highest BCUT2D eigenvalue weighted by Crippen LogP contribution is 2.23. The quantitative estimate of drug-likeness (QED) is 0.712. The summed E-state index contributed by atoms with van der Waals surface area (Å²) in [5.74, 6) is 0.00172. The van der Waals surface area contributed by atoms with Crippen LogP contribution >= 0.6 is 11.6 Å². The molecule has 2 heterocycles. The van der Waals surface area contributed by atoms with Crippen LogP contribution in [0.25, 0.3) is 16.6 Å². The van der Waals surface area contributed by atoms with Crippen molar-refractivity contribution < 1.29 is 4.39 Å². The predicted octanol–water partition coefficient (Wildman–Crippen LogP) is 3.64. The lowest BCUT2D eigenvalue weighted by molar-refractivity contribution is 0.457. The largest absolute Gasteiger partial charge is 0.373 e. The zero-order valence-corrected chi connectivity index (χ0v) is 16.7. The van der Waals surface area contributed by atoms with Gasteiger partial charge in [0.25, 0.3) is 5.56 Å². The number of nitrogens with zero attached hydrogens (tertiary/aromatic N) is 4. The van der Waals surface area contributed by atoms with Gasteiger partial charge in [-0.2, -0.15) is 0 Å². The van der Waals surface area contributed by atoms with Gasteiger partial charge in [-0.15, -0.1) is 0 Å². The minimum Gasteiger partial charge on any atom is -0.373 e. The van der Waals surface area contributed by atoms with Crippen molar-refractivity contribution in [2.45, 2.75) is 13.0 Å². The lowest BCUT2D eigenvalue weighted by Crippen LogP contribution is -2.32. The molecule has 2 aromatic carbocycles. The topological polar surface area (TPSA) is 62.5 Å². The molecule has 1 unspecified atom stereocenters. The van der Waals surface area contributed by atoms with Crippen LogP contribution in [0.3, 0.4) is 0 Å². The van der Waals surface area contributed by atoms with E-state index in [2.05, 4.69) is 10.3 Å². The van der Waals surface area contributed by atoms with Crippen molar-refractivity contribution in [2.24, 2.45) is 4.99 Å². The number of nitrogens with one attached hydrogen (secondary N) is 1. The van der Waals surface area contributed by atoms with Crippen molar-refractivity contribution in [1.29, 1.82) is 0 Å². The second-order valence-electron chi connectivity index (χ2n) is 6.88. The van der Waals surface area contributed by atoms with Crippen LogP contribution in [0.2, 0.25) is 5.02 Å². The molecule has 8 heteroatoms. The minimum absolute atomic E-state index is 0.299. The summed E-state index contributed by atoms with van der Waals surface area (Å²) in [5, 5.41) is 3.92. The van der Waals surface area contributed by atoms with Crippen LogP contribution in [0.15, 0.2) is 64.1 Å². The van der Waals surface area contributed by atoms with Crippen LogP contribution in [0.4, 0.5) is 4.39 Å². The molecule has 0 saturated carbocycles. The third kappa shape index (κ3) is 3.73. The first-order valence-electron chi connectivity index (χ1n) is 9.09. The van der Waals surface area contributed by atoms with Gasteiger partial charge in [0.15, 0.2) is 0 Å². The molecule has 6 nitrogen and oxygen atoms in total. The molecule has 0 bridgehead atoms. The van der Waals surface area contributed by atoms with Crippen LogP contribution in [0.1, 0.15) is 18.8 Å². The summed E-state index contributed by atoms with van der Waals surface area (Å²) >= 11 is 6.28. The third-order valence-electron chi connectivity index (χ3n) is 4.60. The molecule has 29 heavy (non-hydrogen) atoms. The fourth-order valence-corrected chi connectivity index (χ4v) is 3.58. The maximum atomic E-state index is 13.9. The first-order valence-corrected chi connectivity index (χ1v) is 9.47. The number of aliphatic imine (C=N–C) groups is 1. The minimum atomic E-state index is -0.441. The van der Waals surface area contributed by atoms with E-state index in [1.165, 1.54) is 16.7 Å². The molecule has 3 aromatic rings. The number of fused-ring (bicyclic) bond motifs is 1. The van der Waals surface area contributed by atoms with E-state index in [9.17, 15) is 9.18 Å². The Bertz CT molecular complexity index is 1200. The van der Waals surface area contributed by atoms with Gasteiger partial charge in [0, 0.05) is 19.5 Å². The molecule has 0 saturated heterocycles. The van der Waals surface area contributed by atoms with Crippen LogP contribution in [-0.4, -0.2) is 34.4 Å². The number of aromatic nitrogens is 2. The molecule has 0 fully saturated rings. The summed E-state index contributed by atoms with van der Waals surface area (Å²) in [6.45, 7) is 2.47. The Morgan fingerprint density at radius 1 is 1.24 bits per heavy atom. The molecule has 0 amide bonds. The summed E-state index contributed by atoms with van der Waals surface area (Å²) in [6.07, 6.45) is 3.66. The number of rotatable bonds is 4. The van der Waals surface area contributed by atoms with E-state index in [1.807, 2.05) is 25.1 Å². The van der Waals surface area contributed by atoms with Gasteiger partial charge in [-0.3, -0.25) is 14.4 Å². The van der Waals surface area contributed by atoms with Crippen molar-refractivity contribution in [2.75, 3.05) is 13.7 Å². The Kier molecular flexibility index (Phi) is 5.07. The maximum Gasteiger partial charge on any atom is 0.267 e. The van der Waals surface area contributed by atoms with Gasteiger partial charge in [0.2, 0.25) is 0 Å². The van der Waals surface area contributed by atoms with Crippen molar-refractivity contribution in [1.82, 2.24) is 19.8 Å². The van der Waals surface area contributed by atoms with E-state index in [1.54, 1.807) is 36.5 Å². The molecule has 0 spiro atoms. The van der Waals surface area contributed by atoms with E-state index in [0.29, 0.717) is 34.1 Å². The molecule has 1 aliphatic rings. The Balaban J connectivity index is 1.91. The van der Waals surface area contributed by atoms with Crippen molar-refractivity contribution in [3.05, 3.63) is 81.4 Å². The standard InChI is InChI=1S/C21H19ClFN5O/c1-13(25-15-10-24-12-27(2)11-15)20-26-18-8-4-7-17(22)19(18)21(29)28(20)16-6-3-5-14(23)9-16/h3-11,13,25H,12H2,1-2H3. The first-order chi connectivity index (χ1) is 13.9. The van der Waals surface area contributed by atoms with Crippen LogP contribution in [0.5, 0.6) is 0 Å². The number of hydrogen-bond acceptors (Lipinski definition) is 5. The van der Waals surface area contributed by atoms with E-state index in [4.69, 9.17) is 16.6 Å². The average Bonchev–Trinajstić information content (AvgIpc) is 2.67. The fraction of sp³-hybridized carbons (Fsp3) is 0.190. The lowest BCUT2D eigenvalue weighted by atomic mass is 10.2. The van der Waals surface area contributed by atoms with Gasteiger partial charge in [-0.1, -0.05) is 23.7 Å². The Morgan fingerprint density at radius 2 is 2.03 bits per heavy atom. The Hall–Kier alpha value is -3.19. The fourth-order valence-electron chi connectivity index (χ4n) is 3.33. The van der Waals surface area contributed by atoms with Gasteiger partial charge in [0.05, 0.1) is 33.4 Å². The number of halogens is 2. The van der Waals surface area contributed by atoms with E-state index < -0.39 is 5.82 Å². The van der Waals surface area contributed by atoms with Gasteiger partial charge >= 0.3 is 0 Å². The molecule has 148 valence electrons. The first kappa shape index (κ1) is 19.1. The highest BCUT2D eigenvalue weighted by atomic mass is 35.5. The zero-order chi connectivity index (χ0) is 20.5. The van der Waals surface area contributed by atoms with Crippen molar-refractivity contribution in [3.63, 3.8) is 0 Å². The van der Waals surface area contributed by atoms with E-state index >= 15 is 0 Å². The van der Waals surface area contributed by atoms with E-state index in [0.717, 1.165) is 5.70 Å². The summed E-state index contributed by atoms with van der Waals surface area (Å²) in [6, 6.07) is 10.6. The van der Waals surface area contributed by atoms with Crippen molar-refractivity contribution >= 4 is 28.7 Å². The second-order valence-corrected chi connectivity index (χ2v) is 7.29. The van der Waals surface area contributed by atoms with Crippen LogP contribution < -0.4 is 10.9 Å². The third-order valence-corrected chi connectivity index (χ3v) is 4.92. The highest BCUT2D eigenvalue weighted by Gasteiger charge is 2.20. The summed E-state index contributed by atoms with van der Waals surface area (Å²) in [5.41, 5.74) is 1.31. The molecule has 1 N–H and O–H groups in total. The van der Waals surface area contributed by atoms with E-state index in [-0.39, 0.29) is 11.6 Å². The summed E-state index contributed by atoms with van der Waals surface area (Å²) in [4.78, 5) is 24.3. The van der Waals surface area contributed by atoms with Crippen molar-refractivity contribution in [3.8, 4) is 5.69 Å². The summed E-state index contributed by atoms with van der Waals surface area (Å²) in [7, 11) is 1.92. The molecule has 4 rings (SSSR count). The molecule has 0 radical (unpaired) electrons. The van der Waals surface area contributed by atoms with Crippen LogP contribution in [-0.2, 0) is 0 Å². The molecular formula is C21H19ClFN5O. The Labute approximate surface area is 172 Å². The second kappa shape index (κ2) is 7.67. The van der Waals surface area contributed by atoms with Gasteiger partial charge in [-0.25, -0.2) is 9.37 Å². The smallest absolute Gasteiger partial charge is 0.267 e. The maximum absolute atomic E-state index is 13.9. The van der Waals surface area contributed by atoms with Gasteiger partial charge in [0.1, 0.15) is 18.3 Å². The SMILES string of the molecule is CC(NC1=CN(C)CN=C1)c1nc2cccc(Cl)c2c(=O)n1-c1cccc(F)c1. The Morgan fingerprint density at radius 3 is 2.79 bits per heavy atom. The average molecular weight is 412 g/mol.